The van der Waals surface area contributed by atoms with Gasteiger partial charge in [0.15, 0.2) is 0 Å². The van der Waals surface area contributed by atoms with Crippen molar-refractivity contribution in [3.05, 3.63) is 39.9 Å². The highest BCUT2D eigenvalue weighted by molar-refractivity contribution is 6.35. The second-order valence-electron chi connectivity index (χ2n) is 5.88. The summed E-state index contributed by atoms with van der Waals surface area (Å²) in [7, 11) is 0. The van der Waals surface area contributed by atoms with E-state index in [-0.39, 0.29) is 11.9 Å². The fourth-order valence-corrected chi connectivity index (χ4v) is 3.29. The second-order valence-corrected chi connectivity index (χ2v) is 6.73. The molecule has 1 aliphatic rings. The van der Waals surface area contributed by atoms with Crippen LogP contribution < -0.4 is 5.32 Å². The molecule has 1 aromatic carbocycles. The molecule has 1 N–H and O–H groups in total. The van der Waals surface area contributed by atoms with Crippen LogP contribution in [0.5, 0.6) is 0 Å². The molecule has 4 heteroatoms. The second kappa shape index (κ2) is 7.33. The maximum atomic E-state index is 12.0. The lowest BCUT2D eigenvalue weighted by Gasteiger charge is -2.34. The van der Waals surface area contributed by atoms with Crippen LogP contribution in [-0.2, 0) is 4.79 Å². The Balaban J connectivity index is 1.96. The van der Waals surface area contributed by atoms with E-state index in [1.165, 1.54) is 12.8 Å². The summed E-state index contributed by atoms with van der Waals surface area (Å²) in [5.41, 5.74) is 0.793. The first-order valence-electron chi connectivity index (χ1n) is 7.41. The third-order valence-electron chi connectivity index (χ3n) is 4.41. The van der Waals surface area contributed by atoms with Crippen molar-refractivity contribution in [3.63, 3.8) is 0 Å². The van der Waals surface area contributed by atoms with Crippen LogP contribution in [0.2, 0.25) is 10.0 Å². The van der Waals surface area contributed by atoms with Gasteiger partial charge in [0.25, 0.3) is 0 Å². The highest BCUT2D eigenvalue weighted by atomic mass is 35.5. The third-order valence-corrected chi connectivity index (χ3v) is 4.97. The zero-order valence-electron chi connectivity index (χ0n) is 12.4. The number of hydrogen-bond acceptors (Lipinski definition) is 1. The largest absolute Gasteiger partial charge is 0.350 e. The molecule has 0 aliphatic heterocycles. The minimum absolute atomic E-state index is 0.0630. The molecule has 0 bridgehead atoms. The van der Waals surface area contributed by atoms with E-state index in [1.807, 2.05) is 0 Å². The van der Waals surface area contributed by atoms with Crippen molar-refractivity contribution in [3.8, 4) is 0 Å². The predicted octanol–water partition coefficient (Wildman–Crippen LogP) is 4.95. The summed E-state index contributed by atoms with van der Waals surface area (Å²) in [6.07, 6.45) is 6.77. The summed E-state index contributed by atoms with van der Waals surface area (Å²) < 4.78 is 0. The van der Waals surface area contributed by atoms with Gasteiger partial charge in [0.05, 0.1) is 0 Å². The normalized spacial score (nSPS) is 26.0. The number of rotatable bonds is 3. The minimum atomic E-state index is -0.0630. The van der Waals surface area contributed by atoms with Crippen molar-refractivity contribution in [2.75, 3.05) is 0 Å². The molecule has 0 spiro atoms. The molecule has 0 radical (unpaired) electrons. The van der Waals surface area contributed by atoms with Gasteiger partial charge in [-0.05, 0) is 42.0 Å². The fraction of sp³-hybridized carbons (Fsp3) is 0.471. The van der Waals surface area contributed by atoms with Gasteiger partial charge in [-0.15, -0.1) is 0 Å². The van der Waals surface area contributed by atoms with E-state index in [4.69, 9.17) is 23.2 Å². The van der Waals surface area contributed by atoms with Gasteiger partial charge in [0.1, 0.15) is 0 Å². The first-order valence-corrected chi connectivity index (χ1v) is 8.16. The number of amides is 1. The summed E-state index contributed by atoms with van der Waals surface area (Å²) in [5, 5.41) is 4.24. The summed E-state index contributed by atoms with van der Waals surface area (Å²) in [6, 6.07) is 5.51. The highest BCUT2D eigenvalue weighted by Crippen LogP contribution is 2.29. The molecule has 2 nitrogen and oxygen atoms in total. The lowest BCUT2D eigenvalue weighted by atomic mass is 9.78. The summed E-state index contributed by atoms with van der Waals surface area (Å²) in [4.78, 5) is 12.0. The number of halogens is 2. The minimum Gasteiger partial charge on any atom is -0.350 e. The van der Waals surface area contributed by atoms with Gasteiger partial charge in [-0.1, -0.05) is 56.0 Å². The van der Waals surface area contributed by atoms with E-state index in [9.17, 15) is 4.79 Å². The third kappa shape index (κ3) is 4.49. The molecule has 1 amide bonds. The van der Waals surface area contributed by atoms with Gasteiger partial charge in [-0.2, -0.15) is 0 Å². The summed E-state index contributed by atoms with van der Waals surface area (Å²) in [5.74, 6) is 1.13. The van der Waals surface area contributed by atoms with E-state index in [2.05, 4.69) is 19.2 Å². The van der Waals surface area contributed by atoms with Crippen molar-refractivity contribution in [1.29, 1.82) is 0 Å². The molecule has 0 aromatic heterocycles. The molecule has 1 fully saturated rings. The molecule has 0 heterocycles. The van der Waals surface area contributed by atoms with E-state index < -0.39 is 0 Å². The van der Waals surface area contributed by atoms with Crippen molar-refractivity contribution >= 4 is 35.2 Å². The Bertz CT molecular complexity index is 542. The van der Waals surface area contributed by atoms with Crippen molar-refractivity contribution in [1.82, 2.24) is 5.32 Å². The van der Waals surface area contributed by atoms with Crippen LogP contribution in [0, 0.1) is 11.8 Å². The van der Waals surface area contributed by atoms with Gasteiger partial charge in [0.2, 0.25) is 5.91 Å². The van der Waals surface area contributed by atoms with Crippen LogP contribution in [-0.4, -0.2) is 11.9 Å². The molecule has 2 rings (SSSR count). The molecule has 1 saturated carbocycles. The Kier molecular flexibility index (Phi) is 5.72. The quantitative estimate of drug-likeness (QED) is 0.783. The number of nitrogens with one attached hydrogen (secondary N) is 1. The molecule has 0 saturated heterocycles. The van der Waals surface area contributed by atoms with Gasteiger partial charge in [0, 0.05) is 22.2 Å². The van der Waals surface area contributed by atoms with Crippen LogP contribution in [0.3, 0.4) is 0 Å². The smallest absolute Gasteiger partial charge is 0.244 e. The predicted molar refractivity (Wildman–Crippen MR) is 89.6 cm³/mol. The number of hydrogen-bond donors (Lipinski definition) is 1. The van der Waals surface area contributed by atoms with E-state index in [1.54, 1.807) is 30.4 Å². The van der Waals surface area contributed by atoms with Crippen LogP contribution in [0.25, 0.3) is 6.08 Å². The van der Waals surface area contributed by atoms with Gasteiger partial charge < -0.3 is 5.32 Å². The Morgan fingerprint density at radius 1 is 1.29 bits per heavy atom. The van der Waals surface area contributed by atoms with Crippen LogP contribution >= 0.6 is 23.2 Å². The maximum Gasteiger partial charge on any atom is 0.244 e. The standard InChI is InChI=1S/C17H21Cl2NO/c1-11-4-3-5-16(12(11)2)20-17(21)9-7-13-6-8-14(18)10-15(13)19/h6-12,16H,3-5H2,1-2H3,(H,20,21)/b9-7+/t11-,12-,16-/m1/s1. The van der Waals surface area contributed by atoms with E-state index in [0.717, 1.165) is 12.0 Å². The zero-order valence-corrected chi connectivity index (χ0v) is 13.9. The fourth-order valence-electron chi connectivity index (χ4n) is 2.82. The van der Waals surface area contributed by atoms with Gasteiger partial charge in [-0.25, -0.2) is 0 Å². The molecule has 1 aliphatic carbocycles. The summed E-state index contributed by atoms with van der Waals surface area (Å²) >= 11 is 11.9. The maximum absolute atomic E-state index is 12.0. The van der Waals surface area contributed by atoms with Crippen LogP contribution in [0.1, 0.15) is 38.7 Å². The van der Waals surface area contributed by atoms with Gasteiger partial charge >= 0.3 is 0 Å². The first kappa shape index (κ1) is 16.4. The topological polar surface area (TPSA) is 29.1 Å². The number of carbonyl (C=O) groups excluding carboxylic acids is 1. The molecule has 1 aromatic rings. The zero-order chi connectivity index (χ0) is 15.4. The van der Waals surface area contributed by atoms with Crippen LogP contribution in [0.4, 0.5) is 0 Å². The van der Waals surface area contributed by atoms with Gasteiger partial charge in [-0.3, -0.25) is 4.79 Å². The van der Waals surface area contributed by atoms with Crippen molar-refractivity contribution in [2.24, 2.45) is 11.8 Å². The molecule has 3 atom stereocenters. The number of carbonyl (C=O) groups is 1. The molecular weight excluding hydrogens is 305 g/mol. The van der Waals surface area contributed by atoms with Crippen molar-refractivity contribution < 1.29 is 4.79 Å². The molecule has 114 valence electrons. The molecule has 0 unspecified atom stereocenters. The van der Waals surface area contributed by atoms with Crippen LogP contribution in [0.15, 0.2) is 24.3 Å². The Morgan fingerprint density at radius 2 is 2.05 bits per heavy atom. The Labute approximate surface area is 136 Å². The Hall–Kier alpha value is -0.990. The molecule has 21 heavy (non-hydrogen) atoms. The lowest BCUT2D eigenvalue weighted by Crippen LogP contribution is -2.43. The summed E-state index contributed by atoms with van der Waals surface area (Å²) in [6.45, 7) is 4.47. The number of benzene rings is 1. The first-order chi connectivity index (χ1) is 9.97. The SMILES string of the molecule is C[C@@H]1[C@H](C)CCC[C@H]1NC(=O)/C=C/c1ccc(Cl)cc1Cl. The lowest BCUT2D eigenvalue weighted by molar-refractivity contribution is -0.117. The highest BCUT2D eigenvalue weighted by Gasteiger charge is 2.27. The monoisotopic (exact) mass is 325 g/mol. The molecular formula is C17H21Cl2NO. The van der Waals surface area contributed by atoms with E-state index in [0.29, 0.717) is 21.9 Å². The van der Waals surface area contributed by atoms with Crippen molar-refractivity contribution in [2.45, 2.75) is 39.2 Å². The Morgan fingerprint density at radius 3 is 2.76 bits per heavy atom. The van der Waals surface area contributed by atoms with E-state index >= 15 is 0 Å². The average Bonchev–Trinajstić information content (AvgIpc) is 2.43. The average molecular weight is 326 g/mol.